The lowest BCUT2D eigenvalue weighted by Crippen LogP contribution is -2.49. The van der Waals surface area contributed by atoms with Crippen molar-refractivity contribution in [3.05, 3.63) is 33.2 Å². The van der Waals surface area contributed by atoms with E-state index in [1.165, 1.54) is 10.6 Å². The van der Waals surface area contributed by atoms with Crippen molar-refractivity contribution in [2.75, 3.05) is 13.1 Å². The number of carbonyl (C=O) groups is 1. The molecule has 1 aromatic heterocycles. The summed E-state index contributed by atoms with van der Waals surface area (Å²) in [6.07, 6.45) is 4.72. The maximum Gasteiger partial charge on any atom is 0.251 e. The second kappa shape index (κ2) is 6.34. The van der Waals surface area contributed by atoms with Gasteiger partial charge in [0.15, 0.2) is 0 Å². The van der Waals surface area contributed by atoms with Crippen molar-refractivity contribution in [1.29, 1.82) is 0 Å². The molecule has 0 aromatic carbocycles. The second-order valence-electron chi connectivity index (χ2n) is 4.79. The van der Waals surface area contributed by atoms with Crippen LogP contribution in [0.3, 0.4) is 0 Å². The smallest absolute Gasteiger partial charge is 0.251 e. The molecule has 1 fully saturated rings. The molecule has 5 nitrogen and oxygen atoms in total. The molecule has 1 aliphatic rings. The Bertz CT molecular complexity index is 515. The summed E-state index contributed by atoms with van der Waals surface area (Å²) >= 11 is 3.30. The number of nitrogens with zero attached hydrogens (tertiary/aromatic N) is 2. The number of amides is 1. The van der Waals surface area contributed by atoms with Crippen LogP contribution in [0.15, 0.2) is 27.6 Å². The van der Waals surface area contributed by atoms with Crippen molar-refractivity contribution in [3.8, 4) is 0 Å². The molecule has 1 aliphatic heterocycles. The Kier molecular flexibility index (Phi) is 4.76. The molecule has 19 heavy (non-hydrogen) atoms. The number of rotatable bonds is 3. The molecule has 6 heteroatoms. The molecule has 0 aliphatic carbocycles. The summed E-state index contributed by atoms with van der Waals surface area (Å²) in [4.78, 5) is 25.8. The standard InChI is InChI=1S/C13H18BrN3O2/c14-10-4-5-12(18)16(8-10)9-13(19)17-6-2-1-3-11(17)7-15/h4-5,8,11H,1-3,6-7,9,15H2. The van der Waals surface area contributed by atoms with E-state index in [0.29, 0.717) is 6.54 Å². The first-order valence-corrected chi connectivity index (χ1v) is 7.26. The van der Waals surface area contributed by atoms with Crippen molar-refractivity contribution in [1.82, 2.24) is 9.47 Å². The maximum atomic E-state index is 12.3. The average molecular weight is 328 g/mol. The predicted molar refractivity (Wildman–Crippen MR) is 76.8 cm³/mol. The number of nitrogens with two attached hydrogens (primary N) is 1. The quantitative estimate of drug-likeness (QED) is 0.898. The number of halogens is 1. The van der Waals surface area contributed by atoms with E-state index < -0.39 is 0 Å². The Morgan fingerprint density at radius 1 is 1.42 bits per heavy atom. The number of hydrogen-bond donors (Lipinski definition) is 1. The molecule has 1 saturated heterocycles. The van der Waals surface area contributed by atoms with Gasteiger partial charge in [-0.25, -0.2) is 0 Å². The van der Waals surface area contributed by atoms with E-state index >= 15 is 0 Å². The number of likely N-dealkylation sites (tertiary alicyclic amines) is 1. The van der Waals surface area contributed by atoms with Gasteiger partial charge in [-0.15, -0.1) is 0 Å². The number of hydrogen-bond acceptors (Lipinski definition) is 3. The Morgan fingerprint density at radius 2 is 2.21 bits per heavy atom. The van der Waals surface area contributed by atoms with Gasteiger partial charge < -0.3 is 15.2 Å². The van der Waals surface area contributed by atoms with Gasteiger partial charge >= 0.3 is 0 Å². The van der Waals surface area contributed by atoms with E-state index in [0.717, 1.165) is 30.3 Å². The molecule has 2 N–H and O–H groups in total. The van der Waals surface area contributed by atoms with Crippen LogP contribution >= 0.6 is 15.9 Å². The van der Waals surface area contributed by atoms with Crippen molar-refractivity contribution in [3.63, 3.8) is 0 Å². The summed E-state index contributed by atoms with van der Waals surface area (Å²) in [7, 11) is 0. The third-order valence-corrected chi connectivity index (χ3v) is 3.94. The predicted octanol–water partition coefficient (Wildman–Crippen LogP) is 0.951. The highest BCUT2D eigenvalue weighted by molar-refractivity contribution is 9.10. The first-order valence-electron chi connectivity index (χ1n) is 6.47. The lowest BCUT2D eigenvalue weighted by atomic mass is 10.0. The van der Waals surface area contributed by atoms with Crippen molar-refractivity contribution < 1.29 is 4.79 Å². The summed E-state index contributed by atoms with van der Waals surface area (Å²) in [5, 5.41) is 0. The zero-order valence-corrected chi connectivity index (χ0v) is 12.3. The summed E-state index contributed by atoms with van der Waals surface area (Å²) in [6.45, 7) is 1.30. The highest BCUT2D eigenvalue weighted by Crippen LogP contribution is 2.16. The van der Waals surface area contributed by atoms with E-state index in [2.05, 4.69) is 15.9 Å². The SMILES string of the molecule is NCC1CCCCN1C(=O)Cn1cc(Br)ccc1=O. The molecular weight excluding hydrogens is 310 g/mol. The van der Waals surface area contributed by atoms with Gasteiger partial charge in [-0.1, -0.05) is 0 Å². The van der Waals surface area contributed by atoms with E-state index in [9.17, 15) is 9.59 Å². The fourth-order valence-electron chi connectivity index (χ4n) is 2.44. The van der Waals surface area contributed by atoms with Crippen LogP contribution in [0.25, 0.3) is 0 Å². The molecule has 0 bridgehead atoms. The van der Waals surface area contributed by atoms with Crippen LogP contribution in [0.1, 0.15) is 19.3 Å². The van der Waals surface area contributed by atoms with Crippen molar-refractivity contribution in [2.45, 2.75) is 31.8 Å². The zero-order valence-electron chi connectivity index (χ0n) is 10.7. The van der Waals surface area contributed by atoms with E-state index in [1.807, 2.05) is 4.90 Å². The number of pyridine rings is 1. The fourth-order valence-corrected chi connectivity index (χ4v) is 2.82. The molecule has 0 saturated carbocycles. The van der Waals surface area contributed by atoms with Gasteiger partial charge in [-0.3, -0.25) is 9.59 Å². The number of carbonyl (C=O) groups excluding carboxylic acids is 1. The number of piperidine rings is 1. The lowest BCUT2D eigenvalue weighted by Gasteiger charge is -2.35. The minimum absolute atomic E-state index is 0.0321. The van der Waals surface area contributed by atoms with Crippen LogP contribution in [0.2, 0.25) is 0 Å². The van der Waals surface area contributed by atoms with Gasteiger partial charge in [0.25, 0.3) is 5.56 Å². The van der Waals surface area contributed by atoms with Gasteiger partial charge in [0.2, 0.25) is 5.91 Å². The molecule has 1 atom stereocenters. The zero-order chi connectivity index (χ0) is 13.8. The van der Waals surface area contributed by atoms with Gasteiger partial charge in [-0.2, -0.15) is 0 Å². The van der Waals surface area contributed by atoms with Crippen LogP contribution in [-0.2, 0) is 11.3 Å². The normalized spacial score (nSPS) is 19.5. The Balaban J connectivity index is 2.11. The summed E-state index contributed by atoms with van der Waals surface area (Å²) in [5.41, 5.74) is 5.54. The van der Waals surface area contributed by atoms with E-state index in [4.69, 9.17) is 5.73 Å². The molecule has 0 radical (unpaired) electrons. The van der Waals surface area contributed by atoms with Crippen LogP contribution in [-0.4, -0.2) is 34.5 Å². The monoisotopic (exact) mass is 327 g/mol. The minimum atomic E-state index is -0.169. The van der Waals surface area contributed by atoms with Gasteiger partial charge in [0.05, 0.1) is 0 Å². The van der Waals surface area contributed by atoms with E-state index in [1.54, 1.807) is 12.3 Å². The summed E-state index contributed by atoms with van der Waals surface area (Å²) < 4.78 is 2.21. The first-order chi connectivity index (χ1) is 9.11. The minimum Gasteiger partial charge on any atom is -0.337 e. The Hall–Kier alpha value is -1.14. The second-order valence-corrected chi connectivity index (χ2v) is 5.70. The summed E-state index contributed by atoms with van der Waals surface area (Å²) in [5.74, 6) is -0.0321. The van der Waals surface area contributed by atoms with Crippen LogP contribution < -0.4 is 11.3 Å². The van der Waals surface area contributed by atoms with Crippen LogP contribution in [0.5, 0.6) is 0 Å². The van der Waals surface area contributed by atoms with E-state index in [-0.39, 0.29) is 24.1 Å². The third-order valence-electron chi connectivity index (χ3n) is 3.47. The van der Waals surface area contributed by atoms with Gasteiger partial charge in [0, 0.05) is 35.9 Å². The topological polar surface area (TPSA) is 68.3 Å². The Morgan fingerprint density at radius 3 is 2.95 bits per heavy atom. The van der Waals surface area contributed by atoms with Crippen LogP contribution in [0.4, 0.5) is 0 Å². The molecule has 2 rings (SSSR count). The first kappa shape index (κ1) is 14.3. The molecule has 1 aromatic rings. The summed E-state index contributed by atoms with van der Waals surface area (Å²) in [6, 6.07) is 3.24. The van der Waals surface area contributed by atoms with Gasteiger partial charge in [0.1, 0.15) is 6.54 Å². The van der Waals surface area contributed by atoms with Crippen LogP contribution in [0, 0.1) is 0 Å². The lowest BCUT2D eigenvalue weighted by molar-refractivity contribution is -0.135. The third kappa shape index (κ3) is 3.45. The van der Waals surface area contributed by atoms with Crippen molar-refractivity contribution >= 4 is 21.8 Å². The largest absolute Gasteiger partial charge is 0.337 e. The highest BCUT2D eigenvalue weighted by Gasteiger charge is 2.25. The molecule has 104 valence electrons. The van der Waals surface area contributed by atoms with Gasteiger partial charge in [-0.05, 0) is 41.3 Å². The molecule has 1 amide bonds. The average Bonchev–Trinajstić information content (AvgIpc) is 2.42. The van der Waals surface area contributed by atoms with Crippen molar-refractivity contribution in [2.24, 2.45) is 5.73 Å². The number of aromatic nitrogens is 1. The highest BCUT2D eigenvalue weighted by atomic mass is 79.9. The Labute approximate surface area is 120 Å². The molecule has 1 unspecified atom stereocenters. The fraction of sp³-hybridized carbons (Fsp3) is 0.538. The maximum absolute atomic E-state index is 12.3. The molecule has 0 spiro atoms. The molecule has 2 heterocycles. The molecular formula is C13H18BrN3O2.